The molecule has 2 fully saturated rings. The van der Waals surface area contributed by atoms with E-state index in [0.29, 0.717) is 12.6 Å². The van der Waals surface area contributed by atoms with Gasteiger partial charge in [0, 0.05) is 36.7 Å². The van der Waals surface area contributed by atoms with E-state index in [1.165, 1.54) is 25.7 Å². The lowest BCUT2D eigenvalue weighted by atomic mass is 9.89. The molecule has 28 heavy (non-hydrogen) atoms. The van der Waals surface area contributed by atoms with Crippen molar-refractivity contribution in [2.24, 2.45) is 0 Å². The van der Waals surface area contributed by atoms with E-state index in [9.17, 15) is 9.59 Å². The van der Waals surface area contributed by atoms with Gasteiger partial charge in [-0.2, -0.15) is 0 Å². The summed E-state index contributed by atoms with van der Waals surface area (Å²) in [5, 5.41) is 6.23. The number of nitrogens with one attached hydrogen (secondary N) is 2. The van der Waals surface area contributed by atoms with Gasteiger partial charge in [0.05, 0.1) is 0 Å². The SMILES string of the molecule is CC(C)NC(=O)N1CCC[C@H](c2cccc(C(=O)NC3CCCCCC3)c2)C1. The van der Waals surface area contributed by atoms with Crippen LogP contribution in [0.5, 0.6) is 0 Å². The molecule has 0 bridgehead atoms. The fourth-order valence-electron chi connectivity index (χ4n) is 4.40. The number of likely N-dealkylation sites (tertiary alicyclic amines) is 1. The summed E-state index contributed by atoms with van der Waals surface area (Å²) in [6.07, 6.45) is 9.22. The smallest absolute Gasteiger partial charge is 0.317 e. The van der Waals surface area contributed by atoms with E-state index in [0.717, 1.165) is 43.4 Å². The van der Waals surface area contributed by atoms with E-state index in [4.69, 9.17) is 0 Å². The highest BCUT2D eigenvalue weighted by Crippen LogP contribution is 2.28. The Balaban J connectivity index is 1.63. The van der Waals surface area contributed by atoms with E-state index in [1.807, 2.05) is 36.9 Å². The van der Waals surface area contributed by atoms with Gasteiger partial charge in [0.2, 0.25) is 0 Å². The maximum Gasteiger partial charge on any atom is 0.317 e. The molecular formula is C23H35N3O2. The molecule has 3 amide bonds. The van der Waals surface area contributed by atoms with Crippen LogP contribution in [0.3, 0.4) is 0 Å². The first-order valence-electron chi connectivity index (χ1n) is 11.0. The lowest BCUT2D eigenvalue weighted by Crippen LogP contribution is -2.47. The number of hydrogen-bond acceptors (Lipinski definition) is 2. The van der Waals surface area contributed by atoms with Gasteiger partial charge >= 0.3 is 6.03 Å². The fraction of sp³-hybridized carbons (Fsp3) is 0.652. The van der Waals surface area contributed by atoms with Crippen LogP contribution in [0.2, 0.25) is 0 Å². The summed E-state index contributed by atoms with van der Waals surface area (Å²) in [6.45, 7) is 5.48. The van der Waals surface area contributed by atoms with Crippen LogP contribution in [-0.2, 0) is 0 Å². The van der Waals surface area contributed by atoms with E-state index >= 15 is 0 Å². The van der Waals surface area contributed by atoms with Gasteiger partial charge in [0.25, 0.3) is 5.91 Å². The van der Waals surface area contributed by atoms with Crippen LogP contribution in [-0.4, -0.2) is 42.0 Å². The van der Waals surface area contributed by atoms with Crippen LogP contribution in [0, 0.1) is 0 Å². The summed E-state index contributed by atoms with van der Waals surface area (Å²) >= 11 is 0. The largest absolute Gasteiger partial charge is 0.349 e. The molecule has 1 aliphatic heterocycles. The van der Waals surface area contributed by atoms with E-state index in [1.54, 1.807) is 0 Å². The Labute approximate surface area is 169 Å². The Kier molecular flexibility index (Phi) is 7.35. The Morgan fingerprint density at radius 1 is 1.04 bits per heavy atom. The van der Waals surface area contributed by atoms with Gasteiger partial charge in [-0.1, -0.05) is 37.8 Å². The zero-order chi connectivity index (χ0) is 19.9. The number of carbonyl (C=O) groups is 2. The molecule has 0 radical (unpaired) electrons. The predicted octanol–water partition coefficient (Wildman–Crippen LogP) is 4.44. The summed E-state index contributed by atoms with van der Waals surface area (Å²) in [4.78, 5) is 27.0. The first-order valence-corrected chi connectivity index (χ1v) is 11.0. The third-order valence-electron chi connectivity index (χ3n) is 5.93. The van der Waals surface area contributed by atoms with Gasteiger partial charge in [-0.25, -0.2) is 4.79 Å². The third-order valence-corrected chi connectivity index (χ3v) is 5.93. The molecule has 1 heterocycles. The molecule has 0 aromatic heterocycles. The molecule has 0 unspecified atom stereocenters. The normalized spacial score (nSPS) is 21.2. The average molecular weight is 386 g/mol. The fourth-order valence-corrected chi connectivity index (χ4v) is 4.40. The highest BCUT2D eigenvalue weighted by molar-refractivity contribution is 5.94. The minimum atomic E-state index is 0.0157. The molecule has 5 nitrogen and oxygen atoms in total. The maximum absolute atomic E-state index is 12.8. The molecule has 5 heteroatoms. The molecule has 2 N–H and O–H groups in total. The van der Waals surface area contributed by atoms with Crippen LogP contribution < -0.4 is 10.6 Å². The number of piperidine rings is 1. The van der Waals surface area contributed by atoms with Gasteiger partial charge in [0.15, 0.2) is 0 Å². The summed E-state index contributed by atoms with van der Waals surface area (Å²) in [5.41, 5.74) is 1.90. The number of urea groups is 1. The van der Waals surface area contributed by atoms with Crippen LogP contribution in [0.15, 0.2) is 24.3 Å². The lowest BCUT2D eigenvalue weighted by molar-refractivity contribution is 0.0933. The van der Waals surface area contributed by atoms with Crippen molar-refractivity contribution < 1.29 is 9.59 Å². The molecular weight excluding hydrogens is 350 g/mol. The topological polar surface area (TPSA) is 61.4 Å². The summed E-state index contributed by atoms with van der Waals surface area (Å²) in [6, 6.07) is 8.47. The molecule has 1 saturated carbocycles. The highest BCUT2D eigenvalue weighted by Gasteiger charge is 2.25. The predicted molar refractivity (Wildman–Crippen MR) is 113 cm³/mol. The quantitative estimate of drug-likeness (QED) is 0.753. The Morgan fingerprint density at radius 3 is 2.50 bits per heavy atom. The van der Waals surface area contributed by atoms with Crippen molar-refractivity contribution in [3.63, 3.8) is 0 Å². The Bertz CT molecular complexity index is 666. The van der Waals surface area contributed by atoms with Crippen LogP contribution in [0.4, 0.5) is 4.79 Å². The van der Waals surface area contributed by atoms with Crippen molar-refractivity contribution in [2.45, 2.75) is 83.2 Å². The zero-order valence-electron chi connectivity index (χ0n) is 17.4. The first-order chi connectivity index (χ1) is 13.5. The number of nitrogens with zero attached hydrogens (tertiary/aromatic N) is 1. The minimum Gasteiger partial charge on any atom is -0.349 e. The number of hydrogen-bond donors (Lipinski definition) is 2. The molecule has 2 aliphatic rings. The highest BCUT2D eigenvalue weighted by atomic mass is 16.2. The van der Waals surface area contributed by atoms with Crippen LogP contribution >= 0.6 is 0 Å². The average Bonchev–Trinajstić information content (AvgIpc) is 2.96. The number of benzene rings is 1. The third kappa shape index (κ3) is 5.73. The molecule has 1 aromatic carbocycles. The second kappa shape index (κ2) is 9.94. The molecule has 154 valence electrons. The molecule has 0 spiro atoms. The van der Waals surface area contributed by atoms with E-state index in [2.05, 4.69) is 16.7 Å². The van der Waals surface area contributed by atoms with Gasteiger partial charge in [-0.3, -0.25) is 4.79 Å². The molecule has 1 aromatic rings. The standard InChI is InChI=1S/C23H35N3O2/c1-17(2)24-23(28)26-14-8-11-20(16-26)18-9-7-10-19(15-18)22(27)25-21-12-5-3-4-6-13-21/h7,9-10,15,17,20-21H,3-6,8,11-14,16H2,1-2H3,(H,24,28)(H,25,27)/t20-/m0/s1. The van der Waals surface area contributed by atoms with Crippen LogP contribution in [0.25, 0.3) is 0 Å². The Hall–Kier alpha value is -2.04. The van der Waals surface area contributed by atoms with Gasteiger partial charge in [-0.05, 0) is 57.2 Å². The minimum absolute atomic E-state index is 0.0157. The second-order valence-electron chi connectivity index (χ2n) is 8.68. The number of amides is 3. The van der Waals surface area contributed by atoms with E-state index < -0.39 is 0 Å². The summed E-state index contributed by atoms with van der Waals surface area (Å²) < 4.78 is 0. The zero-order valence-corrected chi connectivity index (χ0v) is 17.4. The van der Waals surface area contributed by atoms with Crippen molar-refractivity contribution in [1.29, 1.82) is 0 Å². The molecule has 1 atom stereocenters. The van der Waals surface area contributed by atoms with Crippen molar-refractivity contribution in [1.82, 2.24) is 15.5 Å². The van der Waals surface area contributed by atoms with Gasteiger partial charge in [0.1, 0.15) is 0 Å². The van der Waals surface area contributed by atoms with Crippen molar-refractivity contribution in [3.8, 4) is 0 Å². The van der Waals surface area contributed by atoms with Crippen molar-refractivity contribution in [2.75, 3.05) is 13.1 Å². The van der Waals surface area contributed by atoms with Gasteiger partial charge < -0.3 is 15.5 Å². The lowest BCUT2D eigenvalue weighted by Gasteiger charge is -2.33. The van der Waals surface area contributed by atoms with Crippen molar-refractivity contribution in [3.05, 3.63) is 35.4 Å². The number of rotatable bonds is 4. The maximum atomic E-state index is 12.8. The molecule has 1 saturated heterocycles. The molecule has 3 rings (SSSR count). The summed E-state index contributed by atoms with van der Waals surface area (Å²) in [5.74, 6) is 0.330. The number of carbonyl (C=O) groups excluding carboxylic acids is 2. The first kappa shape index (κ1) is 20.7. The summed E-state index contributed by atoms with van der Waals surface area (Å²) in [7, 11) is 0. The second-order valence-corrected chi connectivity index (χ2v) is 8.68. The molecule has 1 aliphatic carbocycles. The van der Waals surface area contributed by atoms with Crippen molar-refractivity contribution >= 4 is 11.9 Å². The van der Waals surface area contributed by atoms with Crippen LogP contribution in [0.1, 0.15) is 87.1 Å². The van der Waals surface area contributed by atoms with E-state index in [-0.39, 0.29) is 23.9 Å². The van der Waals surface area contributed by atoms with Gasteiger partial charge in [-0.15, -0.1) is 0 Å². The Morgan fingerprint density at radius 2 is 1.79 bits per heavy atom. The monoisotopic (exact) mass is 385 g/mol.